The summed E-state index contributed by atoms with van der Waals surface area (Å²) in [7, 11) is 0. The van der Waals surface area contributed by atoms with Crippen LogP contribution in [0.1, 0.15) is 47.0 Å². The van der Waals surface area contributed by atoms with E-state index in [1.165, 1.54) is 19.3 Å². The lowest BCUT2D eigenvalue weighted by Gasteiger charge is -2.10. The molecule has 1 aliphatic rings. The van der Waals surface area contributed by atoms with Crippen molar-refractivity contribution in [2.75, 3.05) is 13.1 Å². The lowest BCUT2D eigenvalue weighted by molar-refractivity contribution is 0.560. The van der Waals surface area contributed by atoms with Crippen LogP contribution in [0, 0.1) is 11.8 Å². The van der Waals surface area contributed by atoms with Gasteiger partial charge in [0.1, 0.15) is 0 Å². The summed E-state index contributed by atoms with van der Waals surface area (Å²) < 4.78 is 0. The van der Waals surface area contributed by atoms with E-state index in [1.807, 2.05) is 0 Å². The Balaban J connectivity index is 2.22. The maximum Gasteiger partial charge on any atom is 0.191 e. The van der Waals surface area contributed by atoms with Crippen LogP contribution in [0.3, 0.4) is 0 Å². The van der Waals surface area contributed by atoms with Gasteiger partial charge in [0.2, 0.25) is 0 Å². The molecule has 2 atom stereocenters. The van der Waals surface area contributed by atoms with Gasteiger partial charge in [-0.2, -0.15) is 0 Å². The van der Waals surface area contributed by atoms with Crippen LogP contribution in [0.4, 0.5) is 0 Å². The van der Waals surface area contributed by atoms with Crippen LogP contribution >= 0.6 is 0 Å². The van der Waals surface area contributed by atoms with Gasteiger partial charge in [-0.15, -0.1) is 0 Å². The Bertz CT molecular complexity index is 223. The van der Waals surface area contributed by atoms with E-state index in [9.17, 15) is 0 Å². The molecule has 3 nitrogen and oxygen atoms in total. The Kier molecular flexibility index (Phi) is 5.64. The largest absolute Gasteiger partial charge is 0.357 e. The highest BCUT2D eigenvalue weighted by Gasteiger charge is 2.33. The van der Waals surface area contributed by atoms with Crippen LogP contribution in [0.5, 0.6) is 0 Å². The molecule has 2 unspecified atom stereocenters. The van der Waals surface area contributed by atoms with E-state index in [0.717, 1.165) is 30.9 Å². The first-order valence-corrected chi connectivity index (χ1v) is 6.68. The fraction of sp³-hybridized carbons (Fsp3) is 0.923. The molecule has 0 amide bonds. The van der Waals surface area contributed by atoms with E-state index in [2.05, 4.69) is 43.3 Å². The first kappa shape index (κ1) is 13.3. The van der Waals surface area contributed by atoms with Gasteiger partial charge in [0.05, 0.1) is 0 Å². The molecule has 0 aromatic rings. The van der Waals surface area contributed by atoms with E-state index < -0.39 is 0 Å². The van der Waals surface area contributed by atoms with E-state index in [-0.39, 0.29) is 0 Å². The topological polar surface area (TPSA) is 36.4 Å². The van der Waals surface area contributed by atoms with Crippen molar-refractivity contribution in [3.8, 4) is 0 Å². The number of nitrogens with zero attached hydrogens (tertiary/aromatic N) is 1. The van der Waals surface area contributed by atoms with Crippen LogP contribution in [-0.4, -0.2) is 25.1 Å². The quantitative estimate of drug-likeness (QED) is 0.414. The molecule has 16 heavy (non-hydrogen) atoms. The second kappa shape index (κ2) is 6.77. The molecule has 94 valence electrons. The first-order chi connectivity index (χ1) is 7.63. The lowest BCUT2D eigenvalue weighted by Crippen LogP contribution is -2.39. The highest BCUT2D eigenvalue weighted by atomic mass is 15.2. The molecule has 1 fully saturated rings. The van der Waals surface area contributed by atoms with Crippen molar-refractivity contribution in [1.29, 1.82) is 0 Å². The van der Waals surface area contributed by atoms with Gasteiger partial charge in [-0.05, 0) is 38.0 Å². The molecular weight excluding hydrogens is 198 g/mol. The predicted molar refractivity (Wildman–Crippen MR) is 70.8 cm³/mol. The van der Waals surface area contributed by atoms with Gasteiger partial charge in [-0.3, -0.25) is 4.99 Å². The Morgan fingerprint density at radius 3 is 2.62 bits per heavy atom. The van der Waals surface area contributed by atoms with Crippen molar-refractivity contribution < 1.29 is 0 Å². The van der Waals surface area contributed by atoms with Crippen molar-refractivity contribution in [2.24, 2.45) is 16.8 Å². The van der Waals surface area contributed by atoms with Crippen molar-refractivity contribution in [3.63, 3.8) is 0 Å². The minimum absolute atomic E-state index is 0.655. The molecular formula is C13H27N3. The summed E-state index contributed by atoms with van der Waals surface area (Å²) in [6.45, 7) is 10.8. The third-order valence-electron chi connectivity index (χ3n) is 2.99. The number of hydrogen-bond donors (Lipinski definition) is 2. The number of nitrogens with one attached hydrogen (secondary N) is 2. The van der Waals surface area contributed by atoms with Gasteiger partial charge in [0.15, 0.2) is 5.96 Å². The number of rotatable bonds is 6. The fourth-order valence-electron chi connectivity index (χ4n) is 1.71. The second-order valence-corrected chi connectivity index (χ2v) is 5.26. The minimum atomic E-state index is 0.655. The van der Waals surface area contributed by atoms with Gasteiger partial charge >= 0.3 is 0 Å². The molecule has 3 heteroatoms. The summed E-state index contributed by atoms with van der Waals surface area (Å²) in [5.74, 6) is 2.61. The normalized spacial score (nSPS) is 24.7. The smallest absolute Gasteiger partial charge is 0.191 e. The van der Waals surface area contributed by atoms with Crippen LogP contribution in [0.25, 0.3) is 0 Å². The molecule has 0 aromatic heterocycles. The monoisotopic (exact) mass is 225 g/mol. The standard InChI is InChI=1S/C13H27N3/c1-5-14-13(16-12-9-11(12)4)15-8-6-7-10(2)3/h10-12H,5-9H2,1-4H3,(H2,14,15,16). The van der Waals surface area contributed by atoms with Crippen molar-refractivity contribution in [1.82, 2.24) is 10.6 Å². The average molecular weight is 225 g/mol. The summed E-state index contributed by atoms with van der Waals surface area (Å²) in [5.41, 5.74) is 0. The third kappa shape index (κ3) is 5.38. The van der Waals surface area contributed by atoms with Crippen LogP contribution in [0.2, 0.25) is 0 Å². The Hall–Kier alpha value is -0.730. The number of hydrogen-bond acceptors (Lipinski definition) is 1. The molecule has 0 aliphatic heterocycles. The summed E-state index contributed by atoms with van der Waals surface area (Å²) in [5, 5.41) is 6.77. The predicted octanol–water partition coefficient (Wildman–Crippen LogP) is 2.39. The molecule has 1 rings (SSSR count). The van der Waals surface area contributed by atoms with Gasteiger partial charge in [0.25, 0.3) is 0 Å². The Morgan fingerprint density at radius 1 is 1.44 bits per heavy atom. The van der Waals surface area contributed by atoms with Crippen LogP contribution in [-0.2, 0) is 0 Å². The maximum atomic E-state index is 4.59. The first-order valence-electron chi connectivity index (χ1n) is 6.68. The van der Waals surface area contributed by atoms with E-state index in [1.54, 1.807) is 0 Å². The number of aliphatic imine (C=N–C) groups is 1. The van der Waals surface area contributed by atoms with Gasteiger partial charge in [-0.25, -0.2) is 0 Å². The molecule has 0 heterocycles. The maximum absolute atomic E-state index is 4.59. The van der Waals surface area contributed by atoms with Gasteiger partial charge < -0.3 is 10.6 Å². The Labute approximate surface area is 100 Å². The van der Waals surface area contributed by atoms with E-state index in [0.29, 0.717) is 6.04 Å². The van der Waals surface area contributed by atoms with Crippen LogP contribution < -0.4 is 10.6 Å². The molecule has 1 aliphatic carbocycles. The second-order valence-electron chi connectivity index (χ2n) is 5.26. The van der Waals surface area contributed by atoms with Gasteiger partial charge in [0, 0.05) is 19.1 Å². The lowest BCUT2D eigenvalue weighted by atomic mass is 10.1. The molecule has 0 saturated heterocycles. The molecule has 2 N–H and O–H groups in total. The van der Waals surface area contributed by atoms with E-state index in [4.69, 9.17) is 0 Å². The molecule has 0 radical (unpaired) electrons. The SMILES string of the molecule is CCNC(=NCCCC(C)C)NC1CC1C. The summed E-state index contributed by atoms with van der Waals surface area (Å²) >= 11 is 0. The highest BCUT2D eigenvalue weighted by molar-refractivity contribution is 5.80. The zero-order chi connectivity index (χ0) is 12.0. The highest BCUT2D eigenvalue weighted by Crippen LogP contribution is 2.28. The number of guanidine groups is 1. The molecule has 0 aromatic carbocycles. The minimum Gasteiger partial charge on any atom is -0.357 e. The fourth-order valence-corrected chi connectivity index (χ4v) is 1.71. The average Bonchev–Trinajstić information content (AvgIpc) is 2.89. The zero-order valence-electron chi connectivity index (χ0n) is 11.2. The van der Waals surface area contributed by atoms with Crippen molar-refractivity contribution in [2.45, 2.75) is 53.0 Å². The van der Waals surface area contributed by atoms with Crippen LogP contribution in [0.15, 0.2) is 4.99 Å². The van der Waals surface area contributed by atoms with E-state index >= 15 is 0 Å². The van der Waals surface area contributed by atoms with Crippen molar-refractivity contribution in [3.05, 3.63) is 0 Å². The zero-order valence-corrected chi connectivity index (χ0v) is 11.2. The summed E-state index contributed by atoms with van der Waals surface area (Å²) in [6, 6.07) is 0.655. The van der Waals surface area contributed by atoms with Crippen molar-refractivity contribution >= 4 is 5.96 Å². The molecule has 1 saturated carbocycles. The van der Waals surface area contributed by atoms with Gasteiger partial charge in [-0.1, -0.05) is 20.8 Å². The Morgan fingerprint density at radius 2 is 2.12 bits per heavy atom. The summed E-state index contributed by atoms with van der Waals surface area (Å²) in [4.78, 5) is 4.59. The molecule has 0 spiro atoms. The summed E-state index contributed by atoms with van der Waals surface area (Å²) in [6.07, 6.45) is 3.74. The molecule has 0 bridgehead atoms. The third-order valence-corrected chi connectivity index (χ3v) is 2.99.